The van der Waals surface area contributed by atoms with E-state index in [4.69, 9.17) is 5.73 Å². The third-order valence-corrected chi connectivity index (χ3v) is 3.97. The van der Waals surface area contributed by atoms with Crippen molar-refractivity contribution < 1.29 is 0 Å². The van der Waals surface area contributed by atoms with Crippen molar-refractivity contribution in [2.24, 2.45) is 0 Å². The van der Waals surface area contributed by atoms with Gasteiger partial charge in [-0.1, -0.05) is 36.4 Å². The molecule has 0 atom stereocenters. The van der Waals surface area contributed by atoms with Crippen LogP contribution in [0.15, 0.2) is 66.7 Å². The van der Waals surface area contributed by atoms with Crippen LogP contribution in [0.1, 0.15) is 6.92 Å². The van der Waals surface area contributed by atoms with E-state index in [0.29, 0.717) is 30.1 Å². The number of aromatic nitrogens is 5. The van der Waals surface area contributed by atoms with E-state index < -0.39 is 0 Å². The van der Waals surface area contributed by atoms with Gasteiger partial charge in [0.1, 0.15) is 5.82 Å². The summed E-state index contributed by atoms with van der Waals surface area (Å²) in [6.45, 7) is 2.66. The molecule has 0 aliphatic rings. The fraction of sp³-hybridized carbons (Fsp3) is 0.100. The van der Waals surface area contributed by atoms with Crippen LogP contribution in [0, 0.1) is 0 Å². The molecule has 29 heavy (non-hydrogen) atoms. The number of para-hydroxylation sites is 2. The van der Waals surface area contributed by atoms with Crippen LogP contribution in [0.3, 0.4) is 0 Å². The summed E-state index contributed by atoms with van der Waals surface area (Å²) < 4.78 is 1.48. The van der Waals surface area contributed by atoms with Gasteiger partial charge in [-0.25, -0.2) is 0 Å². The van der Waals surface area contributed by atoms with Gasteiger partial charge in [-0.15, -0.1) is 5.10 Å². The Morgan fingerprint density at radius 3 is 2.14 bits per heavy atom. The molecule has 4 aromatic rings. The number of nitrogens with two attached hydrogens (primary N) is 1. The number of rotatable bonds is 7. The van der Waals surface area contributed by atoms with Gasteiger partial charge in [0.15, 0.2) is 5.82 Å². The molecule has 5 N–H and O–H groups in total. The van der Waals surface area contributed by atoms with Gasteiger partial charge in [0.2, 0.25) is 17.8 Å². The lowest BCUT2D eigenvalue weighted by molar-refractivity contribution is 0.852. The van der Waals surface area contributed by atoms with Crippen molar-refractivity contribution >= 4 is 35.0 Å². The first-order chi connectivity index (χ1) is 14.2. The lowest BCUT2D eigenvalue weighted by Crippen LogP contribution is -2.10. The topological polar surface area (TPSA) is 119 Å². The van der Waals surface area contributed by atoms with Gasteiger partial charge in [-0.3, -0.25) is 0 Å². The van der Waals surface area contributed by atoms with E-state index in [1.165, 1.54) is 4.68 Å². The zero-order valence-corrected chi connectivity index (χ0v) is 15.9. The maximum Gasteiger partial charge on any atom is 0.248 e. The summed E-state index contributed by atoms with van der Waals surface area (Å²) in [5, 5.41) is 14.0. The summed E-state index contributed by atoms with van der Waals surface area (Å²) in [5.41, 5.74) is 7.88. The zero-order chi connectivity index (χ0) is 20.1. The monoisotopic (exact) mass is 387 g/mol. The lowest BCUT2D eigenvalue weighted by Gasteiger charge is -2.10. The second-order valence-electron chi connectivity index (χ2n) is 6.15. The number of nitrogens with one attached hydrogen (secondary N) is 3. The second-order valence-corrected chi connectivity index (χ2v) is 6.15. The Morgan fingerprint density at radius 2 is 1.48 bits per heavy atom. The molecule has 0 fully saturated rings. The molecule has 2 heterocycles. The minimum atomic E-state index is 0.218. The highest BCUT2D eigenvalue weighted by molar-refractivity contribution is 5.60. The number of nitrogen functional groups attached to an aromatic ring is 1. The van der Waals surface area contributed by atoms with E-state index in [1.807, 2.05) is 67.6 Å². The molecule has 0 amide bonds. The Balaban J connectivity index is 1.66. The Morgan fingerprint density at radius 1 is 0.828 bits per heavy atom. The molecule has 2 aromatic heterocycles. The Hall–Kier alpha value is -4.14. The van der Waals surface area contributed by atoms with E-state index in [-0.39, 0.29) is 5.95 Å². The Labute approximate surface area is 168 Å². The molecular weight excluding hydrogens is 366 g/mol. The van der Waals surface area contributed by atoms with Crippen LogP contribution >= 0.6 is 0 Å². The van der Waals surface area contributed by atoms with Crippen molar-refractivity contribution in [3.8, 4) is 5.82 Å². The van der Waals surface area contributed by atoms with Crippen LogP contribution in [-0.4, -0.2) is 31.3 Å². The molecule has 0 saturated carbocycles. The number of nitrogens with zero attached hydrogens (tertiary/aromatic N) is 5. The molecule has 0 unspecified atom stereocenters. The van der Waals surface area contributed by atoms with E-state index in [1.54, 1.807) is 6.07 Å². The Kier molecular flexibility index (Phi) is 5.19. The fourth-order valence-corrected chi connectivity index (χ4v) is 2.71. The van der Waals surface area contributed by atoms with Gasteiger partial charge in [0.05, 0.1) is 0 Å². The van der Waals surface area contributed by atoms with E-state index >= 15 is 0 Å². The van der Waals surface area contributed by atoms with E-state index in [9.17, 15) is 0 Å². The molecule has 0 saturated heterocycles. The molecule has 4 rings (SSSR count). The molecule has 9 nitrogen and oxygen atoms in total. The average Bonchev–Trinajstić information content (AvgIpc) is 3.10. The van der Waals surface area contributed by atoms with Crippen LogP contribution in [0.5, 0.6) is 0 Å². The first-order valence-electron chi connectivity index (χ1n) is 9.21. The maximum atomic E-state index is 6.10. The summed E-state index contributed by atoms with van der Waals surface area (Å²) in [5.74, 6) is 2.19. The lowest BCUT2D eigenvalue weighted by atomic mass is 10.3. The van der Waals surface area contributed by atoms with E-state index in [2.05, 4.69) is 36.0 Å². The third kappa shape index (κ3) is 4.41. The van der Waals surface area contributed by atoms with Crippen molar-refractivity contribution in [2.75, 3.05) is 28.2 Å². The van der Waals surface area contributed by atoms with Gasteiger partial charge in [-0.2, -0.15) is 19.6 Å². The van der Waals surface area contributed by atoms with Crippen LogP contribution in [0.4, 0.5) is 35.0 Å². The predicted molar refractivity (Wildman–Crippen MR) is 115 cm³/mol. The van der Waals surface area contributed by atoms with Crippen LogP contribution in [0.2, 0.25) is 0 Å². The smallest absolute Gasteiger partial charge is 0.248 e. The first-order valence-corrected chi connectivity index (χ1v) is 9.21. The van der Waals surface area contributed by atoms with Crippen LogP contribution in [0.25, 0.3) is 5.82 Å². The van der Waals surface area contributed by atoms with Crippen molar-refractivity contribution in [2.45, 2.75) is 6.92 Å². The number of anilines is 6. The normalized spacial score (nSPS) is 10.5. The first kappa shape index (κ1) is 18.2. The highest BCUT2D eigenvalue weighted by atomic mass is 15.4. The molecule has 0 radical (unpaired) electrons. The number of hydrogen-bond donors (Lipinski definition) is 4. The third-order valence-electron chi connectivity index (χ3n) is 3.97. The van der Waals surface area contributed by atoms with Gasteiger partial charge in [0.25, 0.3) is 0 Å². The number of hydrogen-bond acceptors (Lipinski definition) is 8. The highest BCUT2D eigenvalue weighted by Gasteiger charge is 2.13. The van der Waals surface area contributed by atoms with E-state index in [0.717, 1.165) is 11.4 Å². The molecule has 0 aliphatic carbocycles. The SMILES string of the molecule is CCNc1nc(Nc2ccccc2)cc(-n2nc(Nc3ccccc3)nc2N)n1. The molecular formula is C20H21N9. The summed E-state index contributed by atoms with van der Waals surface area (Å²) in [7, 11) is 0. The molecule has 2 aromatic carbocycles. The summed E-state index contributed by atoms with van der Waals surface area (Å²) in [6.07, 6.45) is 0. The highest BCUT2D eigenvalue weighted by Crippen LogP contribution is 2.21. The molecule has 9 heteroatoms. The molecule has 0 bridgehead atoms. The maximum absolute atomic E-state index is 6.10. The summed E-state index contributed by atoms with van der Waals surface area (Å²) >= 11 is 0. The van der Waals surface area contributed by atoms with Crippen molar-refractivity contribution in [1.82, 2.24) is 24.7 Å². The Bertz CT molecular complexity index is 1080. The van der Waals surface area contributed by atoms with Crippen LogP contribution < -0.4 is 21.7 Å². The average molecular weight is 387 g/mol. The minimum absolute atomic E-state index is 0.218. The van der Waals surface area contributed by atoms with Crippen molar-refractivity contribution in [1.29, 1.82) is 0 Å². The standard InChI is InChI=1S/C20H21N9/c1-2-22-19-25-16(23-14-9-5-3-6-10-14)13-17(26-19)29-18(21)27-20(28-29)24-15-11-7-4-8-12-15/h3-13H,2H2,1H3,(H3,21,24,27,28)(H2,22,23,25,26). The van der Waals surface area contributed by atoms with Gasteiger partial charge in [-0.05, 0) is 31.2 Å². The predicted octanol–water partition coefficient (Wildman–Crippen LogP) is 3.56. The number of benzene rings is 2. The van der Waals surface area contributed by atoms with Gasteiger partial charge < -0.3 is 21.7 Å². The van der Waals surface area contributed by atoms with Gasteiger partial charge in [0, 0.05) is 24.0 Å². The minimum Gasteiger partial charge on any atom is -0.368 e. The molecule has 146 valence electrons. The van der Waals surface area contributed by atoms with Crippen molar-refractivity contribution in [3.63, 3.8) is 0 Å². The van der Waals surface area contributed by atoms with Gasteiger partial charge >= 0.3 is 0 Å². The van der Waals surface area contributed by atoms with Crippen molar-refractivity contribution in [3.05, 3.63) is 66.7 Å². The van der Waals surface area contributed by atoms with Crippen LogP contribution in [-0.2, 0) is 0 Å². The summed E-state index contributed by atoms with van der Waals surface area (Å²) in [4.78, 5) is 13.3. The summed E-state index contributed by atoms with van der Waals surface area (Å²) in [6, 6.07) is 21.2. The fourth-order valence-electron chi connectivity index (χ4n) is 2.71. The molecule has 0 spiro atoms. The molecule has 0 aliphatic heterocycles. The second kappa shape index (κ2) is 8.26. The largest absolute Gasteiger partial charge is 0.368 e. The quantitative estimate of drug-likeness (QED) is 0.380. The zero-order valence-electron chi connectivity index (χ0n) is 15.9.